The first-order chi connectivity index (χ1) is 9.51. The summed E-state index contributed by atoms with van der Waals surface area (Å²) in [6.45, 7) is 4.56. The maximum atomic E-state index is 6.59. The molecule has 106 valence electrons. The highest BCUT2D eigenvalue weighted by atomic mass is 35.5. The molecule has 0 radical (unpaired) electrons. The second-order valence-corrected chi connectivity index (χ2v) is 5.85. The maximum absolute atomic E-state index is 6.59. The van der Waals surface area contributed by atoms with Crippen LogP contribution in [-0.2, 0) is 0 Å². The fourth-order valence-corrected chi connectivity index (χ4v) is 2.89. The van der Waals surface area contributed by atoms with Crippen molar-refractivity contribution in [2.24, 2.45) is 0 Å². The predicted octanol–water partition coefficient (Wildman–Crippen LogP) is 6.03. The number of benzene rings is 2. The highest BCUT2D eigenvalue weighted by Gasteiger charge is 2.17. The van der Waals surface area contributed by atoms with Gasteiger partial charge in [-0.2, -0.15) is 0 Å². The van der Waals surface area contributed by atoms with Gasteiger partial charge in [0.25, 0.3) is 0 Å². The number of alkyl halides is 1. The molecule has 2 aromatic carbocycles. The van der Waals surface area contributed by atoms with Crippen molar-refractivity contribution in [3.8, 4) is 5.75 Å². The van der Waals surface area contributed by atoms with Crippen LogP contribution in [-0.4, -0.2) is 6.61 Å². The molecule has 0 saturated carbocycles. The third kappa shape index (κ3) is 3.60. The third-order valence-corrected chi connectivity index (χ3v) is 3.84. The van der Waals surface area contributed by atoms with Crippen LogP contribution in [0.5, 0.6) is 5.75 Å². The zero-order valence-electron chi connectivity index (χ0n) is 11.3. The van der Waals surface area contributed by atoms with Crippen molar-refractivity contribution < 1.29 is 4.74 Å². The Kier molecular flexibility index (Phi) is 5.20. The van der Waals surface area contributed by atoms with E-state index in [4.69, 9.17) is 39.5 Å². The molecular weight excluding hydrogens is 315 g/mol. The van der Waals surface area contributed by atoms with Crippen LogP contribution >= 0.6 is 34.8 Å². The molecule has 2 aromatic rings. The molecule has 0 spiro atoms. The van der Waals surface area contributed by atoms with Crippen molar-refractivity contribution in [2.75, 3.05) is 6.61 Å². The van der Waals surface area contributed by atoms with E-state index in [1.165, 1.54) is 0 Å². The summed E-state index contributed by atoms with van der Waals surface area (Å²) in [6, 6.07) is 11.3. The van der Waals surface area contributed by atoms with Gasteiger partial charge in [0.1, 0.15) is 5.75 Å². The maximum Gasteiger partial charge on any atom is 0.124 e. The van der Waals surface area contributed by atoms with Gasteiger partial charge in [0.15, 0.2) is 0 Å². The summed E-state index contributed by atoms with van der Waals surface area (Å²) >= 11 is 18.7. The van der Waals surface area contributed by atoms with Gasteiger partial charge in [-0.15, -0.1) is 11.6 Å². The Bertz CT molecular complexity index is 590. The van der Waals surface area contributed by atoms with Crippen molar-refractivity contribution >= 4 is 34.8 Å². The summed E-state index contributed by atoms with van der Waals surface area (Å²) in [7, 11) is 0. The minimum Gasteiger partial charge on any atom is -0.494 e. The van der Waals surface area contributed by atoms with Crippen LogP contribution in [0, 0.1) is 6.92 Å². The lowest BCUT2D eigenvalue weighted by atomic mass is 10.0. The Morgan fingerprint density at radius 2 is 1.70 bits per heavy atom. The summed E-state index contributed by atoms with van der Waals surface area (Å²) in [4.78, 5) is 0. The van der Waals surface area contributed by atoms with Crippen LogP contribution in [0.25, 0.3) is 0 Å². The van der Waals surface area contributed by atoms with E-state index in [0.717, 1.165) is 22.4 Å². The molecule has 0 saturated heterocycles. The van der Waals surface area contributed by atoms with E-state index in [1.807, 2.05) is 44.2 Å². The van der Waals surface area contributed by atoms with Gasteiger partial charge in [-0.25, -0.2) is 0 Å². The number of hydrogen-bond acceptors (Lipinski definition) is 1. The van der Waals surface area contributed by atoms with Crippen LogP contribution in [0.4, 0.5) is 0 Å². The first kappa shape index (κ1) is 15.5. The number of rotatable bonds is 4. The Labute approximate surface area is 134 Å². The molecule has 0 heterocycles. The van der Waals surface area contributed by atoms with Gasteiger partial charge in [-0.1, -0.05) is 40.9 Å². The molecule has 4 heteroatoms. The lowest BCUT2D eigenvalue weighted by Crippen LogP contribution is -2.01. The summed E-state index contributed by atoms with van der Waals surface area (Å²) in [5, 5.41) is 0.792. The Morgan fingerprint density at radius 3 is 2.30 bits per heavy atom. The molecule has 1 unspecified atom stereocenters. The van der Waals surface area contributed by atoms with E-state index < -0.39 is 0 Å². The van der Waals surface area contributed by atoms with Gasteiger partial charge in [0, 0.05) is 15.6 Å². The van der Waals surface area contributed by atoms with Crippen LogP contribution in [0.3, 0.4) is 0 Å². The van der Waals surface area contributed by atoms with Crippen molar-refractivity contribution in [3.05, 3.63) is 63.1 Å². The first-order valence-electron chi connectivity index (χ1n) is 6.34. The van der Waals surface area contributed by atoms with Crippen molar-refractivity contribution in [1.82, 2.24) is 0 Å². The Morgan fingerprint density at radius 1 is 1.05 bits per heavy atom. The van der Waals surface area contributed by atoms with Crippen LogP contribution < -0.4 is 4.74 Å². The summed E-state index contributed by atoms with van der Waals surface area (Å²) in [5.74, 6) is 0.786. The van der Waals surface area contributed by atoms with E-state index in [2.05, 4.69) is 0 Å². The van der Waals surface area contributed by atoms with E-state index in [1.54, 1.807) is 6.07 Å². The molecule has 0 bridgehead atoms. The van der Waals surface area contributed by atoms with Crippen molar-refractivity contribution in [2.45, 2.75) is 19.2 Å². The molecule has 0 N–H and O–H groups in total. The van der Waals surface area contributed by atoms with Gasteiger partial charge in [0.05, 0.1) is 12.0 Å². The number of halogens is 3. The average Bonchev–Trinajstić information content (AvgIpc) is 2.39. The van der Waals surface area contributed by atoms with Crippen LogP contribution in [0.1, 0.15) is 29.0 Å². The first-order valence-corrected chi connectivity index (χ1v) is 7.54. The normalized spacial score (nSPS) is 12.2. The van der Waals surface area contributed by atoms with E-state index in [9.17, 15) is 0 Å². The lowest BCUT2D eigenvalue weighted by Gasteiger charge is -2.16. The van der Waals surface area contributed by atoms with Gasteiger partial charge < -0.3 is 4.74 Å². The Balaban J connectivity index is 2.46. The van der Waals surface area contributed by atoms with Gasteiger partial charge in [0.2, 0.25) is 0 Å². The quantitative estimate of drug-likeness (QED) is 0.622. The minimum absolute atomic E-state index is 0.354. The lowest BCUT2D eigenvalue weighted by molar-refractivity contribution is 0.337. The topological polar surface area (TPSA) is 9.23 Å². The van der Waals surface area contributed by atoms with Gasteiger partial charge in [-0.3, -0.25) is 0 Å². The summed E-state index contributed by atoms with van der Waals surface area (Å²) < 4.78 is 5.64. The summed E-state index contributed by atoms with van der Waals surface area (Å²) in [6.07, 6.45) is 0. The van der Waals surface area contributed by atoms with E-state index in [-0.39, 0.29) is 5.38 Å². The van der Waals surface area contributed by atoms with Gasteiger partial charge >= 0.3 is 0 Å². The monoisotopic (exact) mass is 328 g/mol. The number of hydrogen-bond donors (Lipinski definition) is 0. The van der Waals surface area contributed by atoms with Crippen LogP contribution in [0.2, 0.25) is 10.0 Å². The van der Waals surface area contributed by atoms with Crippen molar-refractivity contribution in [1.29, 1.82) is 0 Å². The second kappa shape index (κ2) is 6.71. The smallest absolute Gasteiger partial charge is 0.124 e. The van der Waals surface area contributed by atoms with E-state index in [0.29, 0.717) is 16.7 Å². The Hall–Kier alpha value is -0.890. The molecule has 2 rings (SSSR count). The number of aryl methyl sites for hydroxylation is 1. The highest BCUT2D eigenvalue weighted by molar-refractivity contribution is 6.35. The van der Waals surface area contributed by atoms with E-state index >= 15 is 0 Å². The zero-order valence-corrected chi connectivity index (χ0v) is 13.6. The fourth-order valence-electron chi connectivity index (χ4n) is 2.05. The summed E-state index contributed by atoms with van der Waals surface area (Å²) in [5.41, 5.74) is 2.91. The SMILES string of the molecule is CCOc1ccc(C)cc1C(Cl)c1cc(Cl)cc(Cl)c1. The molecule has 0 aromatic heterocycles. The molecule has 0 aliphatic heterocycles. The molecule has 1 nitrogen and oxygen atoms in total. The molecule has 0 fully saturated rings. The third-order valence-electron chi connectivity index (χ3n) is 2.92. The molecular formula is C16H15Cl3O. The zero-order chi connectivity index (χ0) is 14.7. The van der Waals surface area contributed by atoms with Crippen molar-refractivity contribution in [3.63, 3.8) is 0 Å². The molecule has 0 amide bonds. The minimum atomic E-state index is -0.354. The largest absolute Gasteiger partial charge is 0.494 e. The standard InChI is InChI=1S/C16H15Cl3O/c1-3-20-15-5-4-10(2)6-14(15)16(19)11-7-12(17)9-13(18)8-11/h4-9,16H,3H2,1-2H3. The molecule has 1 atom stereocenters. The molecule has 20 heavy (non-hydrogen) atoms. The van der Waals surface area contributed by atoms with Gasteiger partial charge in [-0.05, 0) is 43.7 Å². The fraction of sp³-hybridized carbons (Fsp3) is 0.250. The molecule has 0 aliphatic carbocycles. The second-order valence-electron chi connectivity index (χ2n) is 4.54. The highest BCUT2D eigenvalue weighted by Crippen LogP contribution is 2.37. The predicted molar refractivity (Wildman–Crippen MR) is 86.5 cm³/mol. The average molecular weight is 330 g/mol. The molecule has 0 aliphatic rings. The van der Waals surface area contributed by atoms with Crippen LogP contribution in [0.15, 0.2) is 36.4 Å². The number of ether oxygens (including phenoxy) is 1.